The molecule has 0 spiro atoms. The summed E-state index contributed by atoms with van der Waals surface area (Å²) in [6.07, 6.45) is 0. The van der Waals surface area contributed by atoms with E-state index in [1.165, 1.54) is 12.1 Å². The van der Waals surface area contributed by atoms with Gasteiger partial charge in [0, 0.05) is 16.6 Å². The summed E-state index contributed by atoms with van der Waals surface area (Å²) in [7, 11) is 0. The van der Waals surface area contributed by atoms with E-state index >= 15 is 0 Å². The number of carbonyl (C=O) groups is 1. The molecule has 0 bridgehead atoms. The molecule has 2 aromatic carbocycles. The van der Waals surface area contributed by atoms with Gasteiger partial charge in [-0.15, -0.1) is 0 Å². The van der Waals surface area contributed by atoms with Gasteiger partial charge in [-0.05, 0) is 36.4 Å². The van der Waals surface area contributed by atoms with Crippen LogP contribution < -0.4 is 5.32 Å². The fourth-order valence-corrected chi connectivity index (χ4v) is 2.05. The molecule has 3 nitrogen and oxygen atoms in total. The SMILES string of the molecule is O=C(NCc1cc(Br)ccc1F)c1cc(F)ccc1O. The van der Waals surface area contributed by atoms with E-state index in [2.05, 4.69) is 21.2 Å². The molecule has 2 aromatic rings. The van der Waals surface area contributed by atoms with Gasteiger partial charge in [-0.2, -0.15) is 0 Å². The van der Waals surface area contributed by atoms with E-state index in [0.29, 0.717) is 4.47 Å². The van der Waals surface area contributed by atoms with Crippen molar-refractivity contribution in [3.63, 3.8) is 0 Å². The van der Waals surface area contributed by atoms with Crippen molar-refractivity contribution >= 4 is 21.8 Å². The van der Waals surface area contributed by atoms with Gasteiger partial charge in [0.1, 0.15) is 17.4 Å². The maximum absolute atomic E-state index is 13.5. The molecular weight excluding hydrogens is 332 g/mol. The van der Waals surface area contributed by atoms with Crippen molar-refractivity contribution in [3.05, 3.63) is 63.6 Å². The van der Waals surface area contributed by atoms with E-state index in [9.17, 15) is 18.7 Å². The first-order chi connectivity index (χ1) is 9.47. The minimum atomic E-state index is -0.679. The minimum Gasteiger partial charge on any atom is -0.507 e. The minimum absolute atomic E-state index is 0.0694. The van der Waals surface area contributed by atoms with Crippen LogP contribution in [0.4, 0.5) is 8.78 Å². The lowest BCUT2D eigenvalue weighted by molar-refractivity contribution is 0.0947. The number of amides is 1. The van der Waals surface area contributed by atoms with Crippen molar-refractivity contribution < 1.29 is 18.7 Å². The molecule has 0 radical (unpaired) electrons. The number of rotatable bonds is 3. The second-order valence-corrected chi connectivity index (χ2v) is 5.00. The Labute approximate surface area is 122 Å². The molecule has 104 valence electrons. The fraction of sp³-hybridized carbons (Fsp3) is 0.0714. The highest BCUT2D eigenvalue weighted by Crippen LogP contribution is 2.19. The molecule has 0 saturated carbocycles. The van der Waals surface area contributed by atoms with Crippen molar-refractivity contribution in [1.82, 2.24) is 5.32 Å². The summed E-state index contributed by atoms with van der Waals surface area (Å²) < 4.78 is 27.2. The van der Waals surface area contributed by atoms with Gasteiger partial charge in [-0.1, -0.05) is 15.9 Å². The van der Waals surface area contributed by atoms with Crippen molar-refractivity contribution in [2.24, 2.45) is 0 Å². The molecule has 2 N–H and O–H groups in total. The Balaban J connectivity index is 2.12. The van der Waals surface area contributed by atoms with Gasteiger partial charge in [0.25, 0.3) is 5.91 Å². The van der Waals surface area contributed by atoms with Crippen LogP contribution in [0.2, 0.25) is 0 Å². The van der Waals surface area contributed by atoms with E-state index in [1.807, 2.05) is 0 Å². The number of aromatic hydroxyl groups is 1. The van der Waals surface area contributed by atoms with Gasteiger partial charge in [-0.3, -0.25) is 4.79 Å². The van der Waals surface area contributed by atoms with Crippen LogP contribution in [-0.2, 0) is 6.54 Å². The monoisotopic (exact) mass is 341 g/mol. The fourth-order valence-electron chi connectivity index (χ4n) is 1.64. The number of benzene rings is 2. The Bertz CT molecular complexity index is 662. The standard InChI is InChI=1S/C14H10BrF2NO2/c15-9-1-3-12(17)8(5-9)7-18-14(20)11-6-10(16)2-4-13(11)19/h1-6,19H,7H2,(H,18,20). The average molecular weight is 342 g/mol. The summed E-state index contributed by atoms with van der Waals surface area (Å²) in [5.74, 6) is -2.11. The van der Waals surface area contributed by atoms with Crippen LogP contribution in [0.3, 0.4) is 0 Å². The molecule has 0 aliphatic rings. The van der Waals surface area contributed by atoms with Gasteiger partial charge >= 0.3 is 0 Å². The molecule has 6 heteroatoms. The third-order valence-electron chi connectivity index (χ3n) is 2.65. The molecule has 0 heterocycles. The zero-order valence-corrected chi connectivity index (χ0v) is 11.7. The lowest BCUT2D eigenvalue weighted by Crippen LogP contribution is -2.23. The van der Waals surface area contributed by atoms with E-state index in [4.69, 9.17) is 0 Å². The second-order valence-electron chi connectivity index (χ2n) is 4.08. The molecule has 0 aliphatic heterocycles. The first-order valence-electron chi connectivity index (χ1n) is 5.68. The highest BCUT2D eigenvalue weighted by molar-refractivity contribution is 9.10. The Hall–Kier alpha value is -1.95. The van der Waals surface area contributed by atoms with Crippen LogP contribution in [0.1, 0.15) is 15.9 Å². The molecule has 2 rings (SSSR count). The average Bonchev–Trinajstić information content (AvgIpc) is 2.42. The molecule has 0 aliphatic carbocycles. The summed E-state index contributed by atoms with van der Waals surface area (Å²) in [4.78, 5) is 11.8. The Morgan fingerprint density at radius 3 is 2.70 bits per heavy atom. The lowest BCUT2D eigenvalue weighted by atomic mass is 10.1. The molecule has 0 saturated heterocycles. The predicted molar refractivity (Wildman–Crippen MR) is 73.3 cm³/mol. The van der Waals surface area contributed by atoms with Crippen LogP contribution >= 0.6 is 15.9 Å². The van der Waals surface area contributed by atoms with Gasteiger partial charge in [0.2, 0.25) is 0 Å². The van der Waals surface area contributed by atoms with Gasteiger partial charge in [0.05, 0.1) is 5.56 Å². The van der Waals surface area contributed by atoms with Crippen molar-refractivity contribution in [3.8, 4) is 5.75 Å². The van der Waals surface area contributed by atoms with Crippen LogP contribution in [0, 0.1) is 11.6 Å². The molecule has 20 heavy (non-hydrogen) atoms. The third kappa shape index (κ3) is 3.33. The maximum atomic E-state index is 13.5. The quantitative estimate of drug-likeness (QED) is 0.899. The van der Waals surface area contributed by atoms with Crippen LogP contribution in [0.5, 0.6) is 5.75 Å². The number of phenolic OH excluding ortho intramolecular Hbond substituents is 1. The number of hydrogen-bond donors (Lipinski definition) is 2. The Morgan fingerprint density at radius 1 is 1.20 bits per heavy atom. The molecule has 0 aromatic heterocycles. The summed E-state index contributed by atoms with van der Waals surface area (Å²) in [6.45, 7) is -0.0694. The summed E-state index contributed by atoms with van der Waals surface area (Å²) in [6, 6.07) is 7.39. The third-order valence-corrected chi connectivity index (χ3v) is 3.14. The molecular formula is C14H10BrF2NO2. The maximum Gasteiger partial charge on any atom is 0.255 e. The van der Waals surface area contributed by atoms with E-state index in [-0.39, 0.29) is 23.4 Å². The van der Waals surface area contributed by atoms with E-state index in [1.54, 1.807) is 6.07 Å². The summed E-state index contributed by atoms with van der Waals surface area (Å²) >= 11 is 3.20. The number of phenols is 1. The predicted octanol–water partition coefficient (Wildman–Crippen LogP) is 3.36. The zero-order chi connectivity index (χ0) is 14.7. The first-order valence-corrected chi connectivity index (χ1v) is 6.47. The Kier molecular flexibility index (Phi) is 4.34. The smallest absolute Gasteiger partial charge is 0.255 e. The molecule has 0 fully saturated rings. The number of hydrogen-bond acceptors (Lipinski definition) is 2. The van der Waals surface area contributed by atoms with Crippen molar-refractivity contribution in [2.75, 3.05) is 0 Å². The number of carbonyl (C=O) groups excluding carboxylic acids is 1. The lowest BCUT2D eigenvalue weighted by Gasteiger charge is -2.08. The zero-order valence-electron chi connectivity index (χ0n) is 10.2. The molecule has 1 amide bonds. The Morgan fingerprint density at radius 2 is 1.95 bits per heavy atom. The number of nitrogens with one attached hydrogen (secondary N) is 1. The van der Waals surface area contributed by atoms with E-state index < -0.39 is 17.5 Å². The van der Waals surface area contributed by atoms with Crippen molar-refractivity contribution in [2.45, 2.75) is 6.54 Å². The first kappa shape index (κ1) is 14.5. The topological polar surface area (TPSA) is 49.3 Å². The number of halogens is 3. The highest BCUT2D eigenvalue weighted by atomic mass is 79.9. The summed E-state index contributed by atoms with van der Waals surface area (Å²) in [5.41, 5.74) is 0.0871. The van der Waals surface area contributed by atoms with E-state index in [0.717, 1.165) is 18.2 Å². The van der Waals surface area contributed by atoms with Gasteiger partial charge < -0.3 is 10.4 Å². The normalized spacial score (nSPS) is 10.3. The second kappa shape index (κ2) is 6.00. The van der Waals surface area contributed by atoms with Gasteiger partial charge in [-0.25, -0.2) is 8.78 Å². The van der Waals surface area contributed by atoms with Crippen molar-refractivity contribution in [1.29, 1.82) is 0 Å². The van der Waals surface area contributed by atoms with Crippen LogP contribution in [0.25, 0.3) is 0 Å². The summed E-state index contributed by atoms with van der Waals surface area (Å²) in [5, 5.41) is 11.9. The molecule has 0 atom stereocenters. The van der Waals surface area contributed by atoms with Gasteiger partial charge in [0.15, 0.2) is 0 Å². The van der Waals surface area contributed by atoms with Crippen LogP contribution in [0.15, 0.2) is 40.9 Å². The highest BCUT2D eigenvalue weighted by Gasteiger charge is 2.13. The molecule has 0 unspecified atom stereocenters. The largest absolute Gasteiger partial charge is 0.507 e. The van der Waals surface area contributed by atoms with Crippen LogP contribution in [-0.4, -0.2) is 11.0 Å².